The van der Waals surface area contributed by atoms with Crippen LogP contribution in [0.25, 0.3) is 0 Å². The van der Waals surface area contributed by atoms with Gasteiger partial charge in [0.25, 0.3) is 0 Å². The fourth-order valence-corrected chi connectivity index (χ4v) is 3.32. The summed E-state index contributed by atoms with van der Waals surface area (Å²) in [6.07, 6.45) is 1.61. The SMILES string of the molecule is CCS(=O)(=O)c1ccc(O)c(NC(=O)CCCc2ccc(Cl)cc2)c1. The zero-order chi connectivity index (χ0) is 18.4. The Morgan fingerprint density at radius 2 is 1.84 bits per heavy atom. The van der Waals surface area contributed by atoms with Crippen molar-refractivity contribution in [3.63, 3.8) is 0 Å². The van der Waals surface area contributed by atoms with Crippen LogP contribution in [0, 0.1) is 0 Å². The number of carbonyl (C=O) groups excluding carboxylic acids is 1. The van der Waals surface area contributed by atoms with Crippen LogP contribution in [0.1, 0.15) is 25.3 Å². The number of aryl methyl sites for hydroxylation is 1. The van der Waals surface area contributed by atoms with Crippen molar-refractivity contribution in [1.29, 1.82) is 0 Å². The van der Waals surface area contributed by atoms with Crippen molar-refractivity contribution in [3.8, 4) is 5.75 Å². The highest BCUT2D eigenvalue weighted by Crippen LogP contribution is 2.27. The Morgan fingerprint density at radius 1 is 1.16 bits per heavy atom. The highest BCUT2D eigenvalue weighted by molar-refractivity contribution is 7.91. The molecule has 2 rings (SSSR count). The lowest BCUT2D eigenvalue weighted by Crippen LogP contribution is -2.12. The first-order valence-corrected chi connectivity index (χ1v) is 9.95. The predicted octanol–water partition coefficient (Wildman–Crippen LogP) is 3.80. The Bertz CT molecular complexity index is 848. The number of phenolic OH excluding ortho intramolecular Hbond substituents is 1. The molecule has 0 fully saturated rings. The maximum absolute atomic E-state index is 12.0. The number of phenols is 1. The number of carbonyl (C=O) groups is 1. The lowest BCUT2D eigenvalue weighted by molar-refractivity contribution is -0.116. The second-order valence-electron chi connectivity index (χ2n) is 5.61. The summed E-state index contributed by atoms with van der Waals surface area (Å²) in [4.78, 5) is 12.1. The van der Waals surface area contributed by atoms with Crippen LogP contribution in [0.15, 0.2) is 47.4 Å². The van der Waals surface area contributed by atoms with Gasteiger partial charge in [0, 0.05) is 11.4 Å². The number of nitrogens with one attached hydrogen (secondary N) is 1. The maximum Gasteiger partial charge on any atom is 0.224 e. The zero-order valence-electron chi connectivity index (χ0n) is 13.8. The minimum atomic E-state index is -3.40. The number of benzene rings is 2. The monoisotopic (exact) mass is 381 g/mol. The van der Waals surface area contributed by atoms with E-state index in [4.69, 9.17) is 11.6 Å². The van der Waals surface area contributed by atoms with E-state index in [2.05, 4.69) is 5.32 Å². The summed E-state index contributed by atoms with van der Waals surface area (Å²) in [6, 6.07) is 11.3. The topological polar surface area (TPSA) is 83.5 Å². The number of hydrogen-bond acceptors (Lipinski definition) is 4. The van der Waals surface area contributed by atoms with Crippen LogP contribution in [0.3, 0.4) is 0 Å². The number of rotatable bonds is 7. The van der Waals surface area contributed by atoms with Crippen LogP contribution in [-0.4, -0.2) is 25.2 Å². The Kier molecular flexibility index (Phi) is 6.45. The van der Waals surface area contributed by atoms with Crippen molar-refractivity contribution in [3.05, 3.63) is 53.1 Å². The van der Waals surface area contributed by atoms with Gasteiger partial charge in [0.1, 0.15) is 5.75 Å². The predicted molar refractivity (Wildman–Crippen MR) is 98.9 cm³/mol. The molecule has 5 nitrogen and oxygen atoms in total. The second kappa shape index (κ2) is 8.36. The van der Waals surface area contributed by atoms with Gasteiger partial charge in [0.05, 0.1) is 16.3 Å². The third kappa shape index (κ3) is 5.47. The number of hydrogen-bond donors (Lipinski definition) is 2. The molecule has 0 atom stereocenters. The number of aromatic hydroxyl groups is 1. The first kappa shape index (κ1) is 19.3. The fourth-order valence-electron chi connectivity index (χ4n) is 2.29. The number of halogens is 1. The van der Waals surface area contributed by atoms with Gasteiger partial charge in [-0.3, -0.25) is 4.79 Å². The molecule has 2 aromatic rings. The van der Waals surface area contributed by atoms with Gasteiger partial charge in [0.2, 0.25) is 5.91 Å². The number of sulfone groups is 1. The van der Waals surface area contributed by atoms with Crippen LogP contribution in [-0.2, 0) is 21.1 Å². The first-order chi connectivity index (χ1) is 11.8. The summed E-state index contributed by atoms with van der Waals surface area (Å²) < 4.78 is 23.8. The number of amides is 1. The summed E-state index contributed by atoms with van der Waals surface area (Å²) in [6.45, 7) is 1.54. The van der Waals surface area contributed by atoms with Gasteiger partial charge >= 0.3 is 0 Å². The highest BCUT2D eigenvalue weighted by atomic mass is 35.5. The molecule has 1 amide bonds. The van der Waals surface area contributed by atoms with Gasteiger partial charge in [0.15, 0.2) is 9.84 Å². The van der Waals surface area contributed by atoms with Gasteiger partial charge in [-0.2, -0.15) is 0 Å². The van der Waals surface area contributed by atoms with Crippen molar-refractivity contribution in [2.75, 3.05) is 11.1 Å². The molecule has 0 radical (unpaired) electrons. The molecule has 0 aliphatic carbocycles. The quantitative estimate of drug-likeness (QED) is 0.714. The smallest absolute Gasteiger partial charge is 0.224 e. The van der Waals surface area contributed by atoms with Crippen LogP contribution in [0.5, 0.6) is 5.75 Å². The van der Waals surface area contributed by atoms with Crippen molar-refractivity contribution in [2.24, 2.45) is 0 Å². The summed E-state index contributed by atoms with van der Waals surface area (Å²) in [5.41, 5.74) is 1.18. The van der Waals surface area contributed by atoms with E-state index >= 15 is 0 Å². The van der Waals surface area contributed by atoms with Gasteiger partial charge in [-0.25, -0.2) is 8.42 Å². The van der Waals surface area contributed by atoms with E-state index < -0.39 is 9.84 Å². The minimum Gasteiger partial charge on any atom is -0.506 e. The van der Waals surface area contributed by atoms with Gasteiger partial charge in [-0.15, -0.1) is 0 Å². The van der Waals surface area contributed by atoms with E-state index in [0.717, 1.165) is 12.0 Å². The van der Waals surface area contributed by atoms with Crippen molar-refractivity contribution in [1.82, 2.24) is 0 Å². The highest BCUT2D eigenvalue weighted by Gasteiger charge is 2.15. The lowest BCUT2D eigenvalue weighted by atomic mass is 10.1. The zero-order valence-corrected chi connectivity index (χ0v) is 15.4. The normalized spacial score (nSPS) is 11.3. The molecule has 25 heavy (non-hydrogen) atoms. The molecule has 0 aromatic heterocycles. The summed E-state index contributed by atoms with van der Waals surface area (Å²) in [5.74, 6) is -0.497. The molecular formula is C18H20ClNO4S. The van der Waals surface area contributed by atoms with E-state index in [1.807, 2.05) is 12.1 Å². The standard InChI is InChI=1S/C18H20ClNO4S/c1-2-25(23,24)15-10-11-17(21)16(12-15)20-18(22)5-3-4-13-6-8-14(19)9-7-13/h6-12,21H,2-5H2,1H3,(H,20,22). The Balaban J connectivity index is 1.96. The summed E-state index contributed by atoms with van der Waals surface area (Å²) in [5, 5.41) is 13.1. The third-order valence-corrected chi connectivity index (χ3v) is 5.75. The van der Waals surface area contributed by atoms with Crippen LogP contribution in [0.2, 0.25) is 5.02 Å². The van der Waals surface area contributed by atoms with Crippen LogP contribution in [0.4, 0.5) is 5.69 Å². The average Bonchev–Trinajstić information content (AvgIpc) is 2.58. The largest absolute Gasteiger partial charge is 0.506 e. The first-order valence-electron chi connectivity index (χ1n) is 7.92. The van der Waals surface area contributed by atoms with Crippen LogP contribution >= 0.6 is 11.6 Å². The summed E-state index contributed by atoms with van der Waals surface area (Å²) in [7, 11) is -3.40. The molecule has 134 valence electrons. The van der Waals surface area contributed by atoms with Crippen molar-refractivity contribution >= 4 is 33.0 Å². The van der Waals surface area contributed by atoms with E-state index in [1.165, 1.54) is 25.1 Å². The van der Waals surface area contributed by atoms with E-state index in [1.54, 1.807) is 12.1 Å². The van der Waals surface area contributed by atoms with E-state index in [0.29, 0.717) is 11.4 Å². The van der Waals surface area contributed by atoms with E-state index in [9.17, 15) is 18.3 Å². The third-order valence-electron chi connectivity index (χ3n) is 3.76. The molecule has 0 aliphatic rings. The maximum atomic E-state index is 12.0. The van der Waals surface area contributed by atoms with Gasteiger partial charge < -0.3 is 10.4 Å². The van der Waals surface area contributed by atoms with Crippen molar-refractivity contribution < 1.29 is 18.3 Å². The molecule has 0 saturated heterocycles. The molecule has 0 aliphatic heterocycles. The Morgan fingerprint density at radius 3 is 2.48 bits per heavy atom. The molecule has 2 aromatic carbocycles. The molecule has 0 saturated carbocycles. The molecule has 0 bridgehead atoms. The molecule has 2 N–H and O–H groups in total. The minimum absolute atomic E-state index is 0.0494. The average molecular weight is 382 g/mol. The fraction of sp³-hybridized carbons (Fsp3) is 0.278. The van der Waals surface area contributed by atoms with E-state index in [-0.39, 0.29) is 34.4 Å². The van der Waals surface area contributed by atoms with Gasteiger partial charge in [-0.05, 0) is 48.7 Å². The van der Waals surface area contributed by atoms with Gasteiger partial charge in [-0.1, -0.05) is 30.7 Å². The van der Waals surface area contributed by atoms with Crippen molar-refractivity contribution in [2.45, 2.75) is 31.1 Å². The molecular weight excluding hydrogens is 362 g/mol. The second-order valence-corrected chi connectivity index (χ2v) is 8.33. The summed E-state index contributed by atoms with van der Waals surface area (Å²) >= 11 is 5.83. The molecule has 0 heterocycles. The van der Waals surface area contributed by atoms with Crippen LogP contribution < -0.4 is 5.32 Å². The lowest BCUT2D eigenvalue weighted by Gasteiger charge is -2.10. The molecule has 0 spiro atoms. The Labute approximate surface area is 152 Å². The number of anilines is 1. The molecule has 7 heteroatoms. The Hall–Kier alpha value is -2.05. The molecule has 0 unspecified atom stereocenters.